The highest BCUT2D eigenvalue weighted by Gasteiger charge is 2.50. The Morgan fingerprint density at radius 3 is 2.59 bits per heavy atom. The smallest absolute Gasteiger partial charge is 0.346 e. The van der Waals surface area contributed by atoms with Crippen LogP contribution in [-0.2, 0) is 38.1 Å². The highest BCUT2D eigenvalue weighted by Crippen LogP contribution is 2.29. The molecule has 0 radical (unpaired) electrons. The molecule has 2 N–H and O–H groups in total. The summed E-state index contributed by atoms with van der Waals surface area (Å²) in [5.41, 5.74) is -0.548. The van der Waals surface area contributed by atoms with Crippen LogP contribution < -0.4 is 11.0 Å². The molecule has 13 heteroatoms. The molecule has 0 aromatic carbocycles. The van der Waals surface area contributed by atoms with Crippen LogP contribution in [0.1, 0.15) is 19.4 Å². The van der Waals surface area contributed by atoms with Crippen molar-refractivity contribution in [3.05, 3.63) is 22.2 Å². The molecule has 0 spiro atoms. The van der Waals surface area contributed by atoms with Crippen LogP contribution in [0.5, 0.6) is 0 Å². The topological polar surface area (TPSA) is 163 Å². The molecule has 0 bridgehead atoms. The molecule has 0 saturated carbocycles. The van der Waals surface area contributed by atoms with Crippen LogP contribution in [0, 0.1) is 12.3 Å². The summed E-state index contributed by atoms with van der Waals surface area (Å²) in [6, 6.07) is 0. The van der Waals surface area contributed by atoms with E-state index in [4.69, 9.17) is 24.8 Å². The number of nitrogens with zero attached hydrogens (tertiary/aromatic N) is 1. The van der Waals surface area contributed by atoms with Gasteiger partial charge in [0.1, 0.15) is 18.8 Å². The Hall–Kier alpha value is -2.95. The van der Waals surface area contributed by atoms with Crippen molar-refractivity contribution in [3.8, 4) is 12.3 Å². The Balaban J connectivity index is 2.39. The first-order valence-electron chi connectivity index (χ1n) is 8.17. The van der Waals surface area contributed by atoms with Crippen molar-refractivity contribution in [3.63, 3.8) is 0 Å². The first kappa shape index (κ1) is 22.3. The molecule has 1 aliphatic heterocycles. The fourth-order valence-corrected chi connectivity index (χ4v) is 3.20. The van der Waals surface area contributed by atoms with Crippen LogP contribution >= 0.6 is 0 Å². The van der Waals surface area contributed by atoms with E-state index in [2.05, 4.69) is 21.2 Å². The number of carbonyl (C=O) groups is 2. The van der Waals surface area contributed by atoms with Gasteiger partial charge < -0.3 is 24.5 Å². The van der Waals surface area contributed by atoms with Gasteiger partial charge in [-0.2, -0.15) is 13.4 Å². The van der Waals surface area contributed by atoms with E-state index in [0.29, 0.717) is 0 Å². The average molecular weight is 429 g/mol. The Labute approximate surface area is 166 Å². The number of hydrogen-bond donors (Lipinski definition) is 2. The molecule has 1 saturated heterocycles. The number of aromatic nitrogens is 2. The largest absolute Gasteiger partial charge is 0.463 e. The van der Waals surface area contributed by atoms with E-state index in [0.717, 1.165) is 20.1 Å². The van der Waals surface area contributed by atoms with Crippen molar-refractivity contribution < 1.29 is 36.4 Å². The van der Waals surface area contributed by atoms with Gasteiger partial charge in [0.2, 0.25) is 0 Å². The van der Waals surface area contributed by atoms with Crippen LogP contribution in [0.2, 0.25) is 0 Å². The first-order chi connectivity index (χ1) is 13.5. The third-order valence-electron chi connectivity index (χ3n) is 3.59. The zero-order valence-corrected chi connectivity index (χ0v) is 16.5. The number of hydrogen-bond acceptors (Lipinski definition) is 11. The van der Waals surface area contributed by atoms with E-state index in [-0.39, 0.29) is 18.0 Å². The first-order valence-corrected chi connectivity index (χ1v) is 9.99. The number of H-pyrrole nitrogens is 1. The van der Waals surface area contributed by atoms with Crippen LogP contribution in [0.4, 0.5) is 5.82 Å². The molecule has 0 amide bonds. The number of carbonyl (C=O) groups excluding carboxylic acids is 2. The summed E-state index contributed by atoms with van der Waals surface area (Å²) in [6.45, 7) is 1.88. The number of anilines is 1. The van der Waals surface area contributed by atoms with E-state index in [1.807, 2.05) is 0 Å². The second kappa shape index (κ2) is 9.03. The monoisotopic (exact) mass is 429 g/mol. The second-order valence-electron chi connectivity index (χ2n) is 5.99. The minimum absolute atomic E-state index is 0.0651. The number of nitrogens with one attached hydrogen (secondary N) is 2. The predicted molar refractivity (Wildman–Crippen MR) is 97.0 cm³/mol. The number of rotatable bonds is 7. The SMILES string of the molecule is C#Cc1c[nH]c(=O)nc1N[C@@H]1O[C@H](COC(C)=O)[C@H](OS(C)(=O)=O)[C@H]1OC(C)=O. The van der Waals surface area contributed by atoms with Gasteiger partial charge in [0.25, 0.3) is 10.1 Å². The van der Waals surface area contributed by atoms with Gasteiger partial charge in [-0.25, -0.2) is 4.79 Å². The zero-order valence-electron chi connectivity index (χ0n) is 15.7. The lowest BCUT2D eigenvalue weighted by molar-refractivity contribution is -0.151. The number of esters is 2. The lowest BCUT2D eigenvalue weighted by Gasteiger charge is -2.23. The van der Waals surface area contributed by atoms with E-state index >= 15 is 0 Å². The molecule has 0 unspecified atom stereocenters. The summed E-state index contributed by atoms with van der Waals surface area (Å²) < 4.78 is 44.1. The average Bonchev–Trinajstić information content (AvgIpc) is 2.88. The fraction of sp³-hybridized carbons (Fsp3) is 0.500. The Morgan fingerprint density at radius 2 is 2.03 bits per heavy atom. The predicted octanol–water partition coefficient (Wildman–Crippen LogP) is -1.27. The molecular formula is C16H19N3O9S. The molecule has 1 fully saturated rings. The van der Waals surface area contributed by atoms with Crippen molar-refractivity contribution >= 4 is 27.9 Å². The molecule has 1 aromatic heterocycles. The summed E-state index contributed by atoms with van der Waals surface area (Å²) >= 11 is 0. The van der Waals surface area contributed by atoms with Gasteiger partial charge in [0.05, 0.1) is 11.8 Å². The molecule has 2 rings (SSSR count). The van der Waals surface area contributed by atoms with E-state index < -0.39 is 52.3 Å². The van der Waals surface area contributed by atoms with Gasteiger partial charge in [0, 0.05) is 20.0 Å². The minimum atomic E-state index is -4.01. The van der Waals surface area contributed by atoms with Crippen LogP contribution in [0.3, 0.4) is 0 Å². The number of terminal acetylenes is 1. The fourth-order valence-electron chi connectivity index (χ4n) is 2.57. The van der Waals surface area contributed by atoms with Crippen molar-refractivity contribution in [2.24, 2.45) is 0 Å². The molecule has 0 aliphatic carbocycles. The summed E-state index contributed by atoms with van der Waals surface area (Å²) in [5, 5.41) is 2.70. The van der Waals surface area contributed by atoms with Gasteiger partial charge in [0.15, 0.2) is 18.1 Å². The molecule has 1 aromatic rings. The van der Waals surface area contributed by atoms with Crippen LogP contribution in [0.25, 0.3) is 0 Å². The molecule has 29 heavy (non-hydrogen) atoms. The number of aromatic amines is 1. The van der Waals surface area contributed by atoms with Gasteiger partial charge in [-0.1, -0.05) is 5.92 Å². The lowest BCUT2D eigenvalue weighted by Crippen LogP contribution is -2.43. The second-order valence-corrected chi connectivity index (χ2v) is 7.59. The van der Waals surface area contributed by atoms with Crippen LogP contribution in [0.15, 0.2) is 11.0 Å². The molecule has 1 aliphatic rings. The summed E-state index contributed by atoms with van der Waals surface area (Å²) in [5.74, 6) is 0.839. The maximum Gasteiger partial charge on any atom is 0.346 e. The van der Waals surface area contributed by atoms with E-state index in [1.165, 1.54) is 6.20 Å². The van der Waals surface area contributed by atoms with Gasteiger partial charge >= 0.3 is 17.6 Å². The van der Waals surface area contributed by atoms with Gasteiger partial charge in [-0.3, -0.25) is 13.8 Å². The van der Waals surface area contributed by atoms with E-state index in [9.17, 15) is 22.8 Å². The van der Waals surface area contributed by atoms with Crippen LogP contribution in [-0.4, -0.2) is 67.7 Å². The maximum atomic E-state index is 11.7. The summed E-state index contributed by atoms with van der Waals surface area (Å²) in [6.07, 6.45) is 2.43. The highest BCUT2D eigenvalue weighted by molar-refractivity contribution is 7.86. The van der Waals surface area contributed by atoms with Crippen molar-refractivity contribution in [1.29, 1.82) is 0 Å². The molecular weight excluding hydrogens is 410 g/mol. The standard InChI is InChI=1S/C16H19N3O9S/c1-5-10-6-17-16(22)19-14(10)18-15-13(26-9(3)21)12(28-29(4,23)24)11(27-15)7-25-8(2)20/h1,6,11-13,15H,7H2,2-4H3,(H2,17,18,19,22)/t11-,12+,13-,15-/m1/s1. The van der Waals surface area contributed by atoms with Crippen molar-refractivity contribution in [1.82, 2.24) is 9.97 Å². The maximum absolute atomic E-state index is 11.7. The Morgan fingerprint density at radius 1 is 1.34 bits per heavy atom. The Kier molecular flexibility index (Phi) is 6.96. The summed E-state index contributed by atoms with van der Waals surface area (Å²) in [7, 11) is -4.01. The van der Waals surface area contributed by atoms with Gasteiger partial charge in [-0.05, 0) is 0 Å². The van der Waals surface area contributed by atoms with Gasteiger partial charge in [-0.15, -0.1) is 6.42 Å². The third-order valence-corrected chi connectivity index (χ3v) is 4.16. The zero-order chi connectivity index (χ0) is 21.8. The van der Waals surface area contributed by atoms with Crippen molar-refractivity contribution in [2.45, 2.75) is 38.4 Å². The van der Waals surface area contributed by atoms with E-state index in [1.54, 1.807) is 0 Å². The quantitative estimate of drug-likeness (QED) is 0.302. The molecule has 4 atom stereocenters. The molecule has 158 valence electrons. The minimum Gasteiger partial charge on any atom is -0.463 e. The Bertz CT molecular complexity index is 982. The third kappa shape index (κ3) is 6.28. The normalized spacial score (nSPS) is 23.8. The highest BCUT2D eigenvalue weighted by atomic mass is 32.2. The lowest BCUT2D eigenvalue weighted by atomic mass is 10.1. The summed E-state index contributed by atoms with van der Waals surface area (Å²) in [4.78, 5) is 40.2. The molecule has 2 heterocycles. The molecule has 12 nitrogen and oxygen atoms in total. The van der Waals surface area contributed by atoms with Crippen molar-refractivity contribution in [2.75, 3.05) is 18.2 Å². The number of ether oxygens (including phenoxy) is 3.